The van der Waals surface area contributed by atoms with E-state index in [2.05, 4.69) is 15.1 Å². The van der Waals surface area contributed by atoms with Gasteiger partial charge in [-0.1, -0.05) is 0 Å². The van der Waals surface area contributed by atoms with Gasteiger partial charge in [-0.15, -0.1) is 5.10 Å². The minimum Gasteiger partial charge on any atom is -0.403 e. The number of hydrogen-bond donors (Lipinski definition) is 2. The quantitative estimate of drug-likeness (QED) is 0.595. The molecule has 0 unspecified atom stereocenters. The Labute approximate surface area is 97.8 Å². The fraction of sp³-hybridized carbons (Fsp3) is 0.200. The van der Waals surface area contributed by atoms with Crippen LogP contribution in [0.15, 0.2) is 18.5 Å². The fourth-order valence-electron chi connectivity index (χ4n) is 1.27. The van der Waals surface area contributed by atoms with Gasteiger partial charge < -0.3 is 10.5 Å². The SMILES string of the molecule is Cc1ccc(C(=N)N)c(Oc2ncn(C)n2)n1. The number of aryl methyl sites for hydroxylation is 2. The van der Waals surface area contributed by atoms with Gasteiger partial charge in [0.2, 0.25) is 5.88 Å². The number of nitrogen functional groups attached to an aromatic ring is 1. The lowest BCUT2D eigenvalue weighted by molar-refractivity contribution is 0.420. The molecule has 0 saturated carbocycles. The van der Waals surface area contributed by atoms with Gasteiger partial charge in [0.1, 0.15) is 12.2 Å². The molecule has 7 nitrogen and oxygen atoms in total. The molecule has 7 heteroatoms. The van der Waals surface area contributed by atoms with Crippen molar-refractivity contribution in [3.8, 4) is 11.9 Å². The third-order valence-electron chi connectivity index (χ3n) is 2.06. The summed E-state index contributed by atoms with van der Waals surface area (Å²) in [4.78, 5) is 8.09. The predicted molar refractivity (Wildman–Crippen MR) is 61.1 cm³/mol. The van der Waals surface area contributed by atoms with Crippen molar-refractivity contribution in [3.05, 3.63) is 29.7 Å². The summed E-state index contributed by atoms with van der Waals surface area (Å²) in [5.74, 6) is 0.132. The topological polar surface area (TPSA) is 103 Å². The van der Waals surface area contributed by atoms with E-state index in [-0.39, 0.29) is 17.7 Å². The Morgan fingerprint density at radius 2 is 2.24 bits per heavy atom. The van der Waals surface area contributed by atoms with Crippen molar-refractivity contribution >= 4 is 5.84 Å². The number of nitrogens with zero attached hydrogens (tertiary/aromatic N) is 4. The van der Waals surface area contributed by atoms with Gasteiger partial charge >= 0.3 is 6.01 Å². The second-order valence-electron chi connectivity index (χ2n) is 3.52. The van der Waals surface area contributed by atoms with Crippen LogP contribution in [0.5, 0.6) is 11.9 Å². The van der Waals surface area contributed by atoms with Crippen molar-refractivity contribution < 1.29 is 4.74 Å². The van der Waals surface area contributed by atoms with Crippen molar-refractivity contribution in [2.24, 2.45) is 12.8 Å². The first-order chi connectivity index (χ1) is 8.06. The fourth-order valence-corrected chi connectivity index (χ4v) is 1.27. The molecule has 0 fully saturated rings. The lowest BCUT2D eigenvalue weighted by Crippen LogP contribution is -2.13. The van der Waals surface area contributed by atoms with Gasteiger partial charge in [-0.05, 0) is 19.1 Å². The highest BCUT2D eigenvalue weighted by atomic mass is 16.5. The Kier molecular flexibility index (Phi) is 2.73. The number of nitrogens with one attached hydrogen (secondary N) is 1. The lowest BCUT2D eigenvalue weighted by Gasteiger charge is -2.06. The van der Waals surface area contributed by atoms with E-state index < -0.39 is 0 Å². The van der Waals surface area contributed by atoms with Crippen molar-refractivity contribution in [3.63, 3.8) is 0 Å². The van der Waals surface area contributed by atoms with Gasteiger partial charge in [0, 0.05) is 12.7 Å². The largest absolute Gasteiger partial charge is 0.403 e. The highest BCUT2D eigenvalue weighted by Crippen LogP contribution is 2.20. The standard InChI is InChI=1S/C10H12N6O/c1-6-3-4-7(8(11)12)9(14-6)17-10-13-5-16(2)15-10/h3-5H,1-2H3,(H3,11,12). The van der Waals surface area contributed by atoms with Crippen LogP contribution >= 0.6 is 0 Å². The molecular formula is C10H12N6O. The zero-order valence-corrected chi connectivity index (χ0v) is 9.51. The average molecular weight is 232 g/mol. The van der Waals surface area contributed by atoms with Gasteiger partial charge in [0.05, 0.1) is 5.56 Å². The van der Waals surface area contributed by atoms with E-state index in [1.165, 1.54) is 11.0 Å². The number of pyridine rings is 1. The van der Waals surface area contributed by atoms with Crippen LogP contribution in [0.4, 0.5) is 0 Å². The lowest BCUT2D eigenvalue weighted by atomic mass is 10.2. The number of ether oxygens (including phenoxy) is 1. The monoisotopic (exact) mass is 232 g/mol. The van der Waals surface area contributed by atoms with E-state index in [1.807, 2.05) is 6.92 Å². The maximum absolute atomic E-state index is 7.43. The molecule has 0 atom stereocenters. The minimum atomic E-state index is -0.108. The molecular weight excluding hydrogens is 220 g/mol. The normalized spacial score (nSPS) is 10.2. The van der Waals surface area contributed by atoms with Crippen LogP contribution in [0.2, 0.25) is 0 Å². The van der Waals surface area contributed by atoms with Gasteiger partial charge in [0.25, 0.3) is 0 Å². The summed E-state index contributed by atoms with van der Waals surface area (Å²) in [6, 6.07) is 3.62. The number of rotatable bonds is 3. The summed E-state index contributed by atoms with van der Waals surface area (Å²) < 4.78 is 6.91. The average Bonchev–Trinajstić information content (AvgIpc) is 2.63. The molecule has 0 amide bonds. The zero-order chi connectivity index (χ0) is 12.4. The molecule has 0 aliphatic heterocycles. The third kappa shape index (κ3) is 2.39. The summed E-state index contributed by atoms with van der Waals surface area (Å²) in [6.45, 7) is 1.82. The molecule has 0 radical (unpaired) electrons. The van der Waals surface area contributed by atoms with Crippen LogP contribution in [-0.4, -0.2) is 25.6 Å². The molecule has 17 heavy (non-hydrogen) atoms. The first-order valence-corrected chi connectivity index (χ1v) is 4.92. The van der Waals surface area contributed by atoms with Gasteiger partial charge in [-0.3, -0.25) is 10.1 Å². The number of nitrogens with two attached hydrogens (primary N) is 1. The number of hydrogen-bond acceptors (Lipinski definition) is 5. The molecule has 0 aromatic carbocycles. The molecule has 3 N–H and O–H groups in total. The summed E-state index contributed by atoms with van der Waals surface area (Å²) in [5.41, 5.74) is 6.63. The van der Waals surface area contributed by atoms with Crippen LogP contribution in [-0.2, 0) is 7.05 Å². The maximum Gasteiger partial charge on any atom is 0.342 e. The van der Waals surface area contributed by atoms with E-state index in [0.717, 1.165) is 5.69 Å². The summed E-state index contributed by atoms with van der Waals surface area (Å²) in [6.07, 6.45) is 1.51. The van der Waals surface area contributed by atoms with Crippen LogP contribution in [0.3, 0.4) is 0 Å². The summed E-state index contributed by atoms with van der Waals surface area (Å²) >= 11 is 0. The van der Waals surface area contributed by atoms with Crippen LogP contribution in [0.1, 0.15) is 11.3 Å². The predicted octanol–water partition coefficient (Wildman–Crippen LogP) is 0.595. The molecule has 2 aromatic rings. The Morgan fingerprint density at radius 1 is 1.47 bits per heavy atom. The number of amidine groups is 1. The number of aromatic nitrogens is 4. The van der Waals surface area contributed by atoms with E-state index in [1.54, 1.807) is 19.2 Å². The van der Waals surface area contributed by atoms with Gasteiger partial charge in [-0.25, -0.2) is 4.98 Å². The minimum absolute atomic E-state index is 0.108. The first-order valence-electron chi connectivity index (χ1n) is 4.92. The molecule has 0 aliphatic rings. The van der Waals surface area contributed by atoms with Crippen molar-refractivity contribution in [2.45, 2.75) is 6.92 Å². The van der Waals surface area contributed by atoms with E-state index in [9.17, 15) is 0 Å². The second-order valence-corrected chi connectivity index (χ2v) is 3.52. The van der Waals surface area contributed by atoms with Crippen LogP contribution < -0.4 is 10.5 Å². The Hall–Kier alpha value is -2.44. The smallest absolute Gasteiger partial charge is 0.342 e. The summed E-state index contributed by atoms with van der Waals surface area (Å²) in [5, 5.41) is 11.4. The molecule has 0 aliphatic carbocycles. The first kappa shape index (κ1) is 11.1. The molecule has 2 heterocycles. The molecule has 0 spiro atoms. The Morgan fingerprint density at radius 3 is 2.82 bits per heavy atom. The van der Waals surface area contributed by atoms with E-state index in [4.69, 9.17) is 15.9 Å². The molecule has 2 aromatic heterocycles. The third-order valence-corrected chi connectivity index (χ3v) is 2.06. The molecule has 0 saturated heterocycles. The van der Waals surface area contributed by atoms with Crippen molar-refractivity contribution in [1.29, 1.82) is 5.41 Å². The van der Waals surface area contributed by atoms with Crippen LogP contribution in [0.25, 0.3) is 0 Å². The van der Waals surface area contributed by atoms with Crippen molar-refractivity contribution in [2.75, 3.05) is 0 Å². The van der Waals surface area contributed by atoms with E-state index in [0.29, 0.717) is 5.56 Å². The second kappa shape index (κ2) is 4.20. The zero-order valence-electron chi connectivity index (χ0n) is 9.51. The highest BCUT2D eigenvalue weighted by Gasteiger charge is 2.11. The molecule has 2 rings (SSSR count). The van der Waals surface area contributed by atoms with Gasteiger partial charge in [-0.2, -0.15) is 4.98 Å². The Balaban J connectivity index is 2.37. The van der Waals surface area contributed by atoms with Crippen LogP contribution in [0, 0.1) is 12.3 Å². The van der Waals surface area contributed by atoms with Gasteiger partial charge in [0.15, 0.2) is 0 Å². The molecule has 0 bridgehead atoms. The summed E-state index contributed by atoms with van der Waals surface area (Å²) in [7, 11) is 1.73. The maximum atomic E-state index is 7.43. The highest BCUT2D eigenvalue weighted by molar-refractivity contribution is 5.97. The van der Waals surface area contributed by atoms with Crippen molar-refractivity contribution in [1.82, 2.24) is 19.7 Å². The Bertz CT molecular complexity index is 562. The van der Waals surface area contributed by atoms with E-state index >= 15 is 0 Å². The molecule has 88 valence electrons.